The summed E-state index contributed by atoms with van der Waals surface area (Å²) in [6, 6.07) is 0. The summed E-state index contributed by atoms with van der Waals surface area (Å²) in [4.78, 5) is 15.7. The highest BCUT2D eigenvalue weighted by Crippen LogP contribution is 2.24. The summed E-state index contributed by atoms with van der Waals surface area (Å²) < 4.78 is 10.4. The number of hydrogen-bond donors (Lipinski definition) is 1. The maximum absolute atomic E-state index is 11.7. The van der Waals surface area contributed by atoms with Gasteiger partial charge in [-0.25, -0.2) is 4.79 Å². The molecule has 0 saturated carbocycles. The molecule has 0 aromatic heterocycles. The SMILES string of the molecule is COC1=CN=CCC1(C)NC(=O)OC(C)(C)C. The third kappa shape index (κ3) is 3.76. The van der Waals surface area contributed by atoms with Crippen LogP contribution in [0.2, 0.25) is 0 Å². The number of carbonyl (C=O) groups excluding carboxylic acids is 1. The van der Waals surface area contributed by atoms with Gasteiger partial charge < -0.3 is 14.8 Å². The average molecular weight is 240 g/mol. The van der Waals surface area contributed by atoms with Gasteiger partial charge in [0.15, 0.2) is 0 Å². The fraction of sp³-hybridized carbons (Fsp3) is 0.667. The van der Waals surface area contributed by atoms with E-state index in [-0.39, 0.29) is 0 Å². The van der Waals surface area contributed by atoms with E-state index in [1.54, 1.807) is 19.5 Å². The maximum Gasteiger partial charge on any atom is 0.408 e. The molecule has 1 aliphatic rings. The second-order valence-corrected chi connectivity index (χ2v) is 5.19. The van der Waals surface area contributed by atoms with Gasteiger partial charge in [-0.2, -0.15) is 0 Å². The summed E-state index contributed by atoms with van der Waals surface area (Å²) in [6.45, 7) is 7.34. The summed E-state index contributed by atoms with van der Waals surface area (Å²) >= 11 is 0. The molecular weight excluding hydrogens is 220 g/mol. The average Bonchev–Trinajstić information content (AvgIpc) is 2.14. The van der Waals surface area contributed by atoms with Crippen LogP contribution in [-0.2, 0) is 9.47 Å². The first-order chi connectivity index (χ1) is 7.77. The van der Waals surface area contributed by atoms with Crippen molar-refractivity contribution >= 4 is 12.3 Å². The van der Waals surface area contributed by atoms with E-state index in [9.17, 15) is 4.79 Å². The van der Waals surface area contributed by atoms with Crippen molar-refractivity contribution in [2.24, 2.45) is 4.99 Å². The van der Waals surface area contributed by atoms with Crippen molar-refractivity contribution in [2.45, 2.75) is 45.3 Å². The van der Waals surface area contributed by atoms with Crippen LogP contribution in [0.3, 0.4) is 0 Å². The third-order valence-electron chi connectivity index (χ3n) is 2.34. The molecule has 0 aliphatic carbocycles. The minimum absolute atomic E-state index is 0.460. The lowest BCUT2D eigenvalue weighted by Gasteiger charge is -2.33. The molecule has 0 fully saturated rings. The Morgan fingerprint density at radius 3 is 2.71 bits per heavy atom. The number of amides is 1. The van der Waals surface area contributed by atoms with E-state index in [1.807, 2.05) is 27.7 Å². The van der Waals surface area contributed by atoms with Crippen molar-refractivity contribution in [3.63, 3.8) is 0 Å². The van der Waals surface area contributed by atoms with E-state index in [4.69, 9.17) is 9.47 Å². The predicted molar refractivity (Wildman–Crippen MR) is 66.0 cm³/mol. The second-order valence-electron chi connectivity index (χ2n) is 5.19. The van der Waals surface area contributed by atoms with E-state index in [0.29, 0.717) is 12.2 Å². The number of nitrogens with zero attached hydrogens (tertiary/aromatic N) is 1. The summed E-state index contributed by atoms with van der Waals surface area (Å²) in [5, 5.41) is 2.81. The smallest absolute Gasteiger partial charge is 0.408 e. The molecule has 0 radical (unpaired) electrons. The van der Waals surface area contributed by atoms with Crippen LogP contribution in [0, 0.1) is 0 Å². The molecule has 0 saturated heterocycles. The fourth-order valence-corrected chi connectivity index (χ4v) is 1.52. The van der Waals surface area contributed by atoms with Gasteiger partial charge in [-0.05, 0) is 27.7 Å². The summed E-state index contributed by atoms with van der Waals surface area (Å²) in [6.07, 6.45) is 3.45. The Morgan fingerprint density at radius 1 is 1.53 bits per heavy atom. The Balaban J connectivity index is 2.70. The van der Waals surface area contributed by atoms with Crippen molar-refractivity contribution in [1.82, 2.24) is 5.32 Å². The number of hydrogen-bond acceptors (Lipinski definition) is 4. The van der Waals surface area contributed by atoms with Gasteiger partial charge in [0.05, 0.1) is 13.3 Å². The van der Waals surface area contributed by atoms with Crippen molar-refractivity contribution in [1.29, 1.82) is 0 Å². The first-order valence-electron chi connectivity index (χ1n) is 5.54. The lowest BCUT2D eigenvalue weighted by Crippen LogP contribution is -2.50. The standard InChI is InChI=1S/C12H20N2O3/c1-11(2,3)17-10(15)14-12(4)6-7-13-8-9(12)16-5/h7-8H,6H2,1-5H3,(H,14,15). The van der Waals surface area contributed by atoms with Gasteiger partial charge in [0, 0.05) is 12.6 Å². The Morgan fingerprint density at radius 2 is 2.18 bits per heavy atom. The number of ether oxygens (including phenoxy) is 2. The second kappa shape index (κ2) is 4.77. The minimum Gasteiger partial charge on any atom is -0.497 e. The quantitative estimate of drug-likeness (QED) is 0.805. The van der Waals surface area contributed by atoms with Crippen LogP contribution in [0.1, 0.15) is 34.1 Å². The molecule has 0 bridgehead atoms. The van der Waals surface area contributed by atoms with Crippen LogP contribution < -0.4 is 5.32 Å². The number of alkyl carbamates (subject to hydrolysis) is 1. The van der Waals surface area contributed by atoms with Gasteiger partial charge in [0.1, 0.15) is 16.9 Å². The fourth-order valence-electron chi connectivity index (χ4n) is 1.52. The Hall–Kier alpha value is -1.52. The summed E-state index contributed by atoms with van der Waals surface area (Å²) in [7, 11) is 1.56. The monoisotopic (exact) mass is 240 g/mol. The molecule has 1 atom stereocenters. The number of carbonyl (C=O) groups is 1. The third-order valence-corrected chi connectivity index (χ3v) is 2.34. The lowest BCUT2D eigenvalue weighted by molar-refractivity contribution is 0.0452. The van der Waals surface area contributed by atoms with E-state index < -0.39 is 17.2 Å². The highest BCUT2D eigenvalue weighted by Gasteiger charge is 2.34. The molecule has 0 spiro atoms. The molecule has 1 amide bonds. The summed E-state index contributed by atoms with van der Waals surface area (Å²) in [5.74, 6) is 0.617. The topological polar surface area (TPSA) is 59.9 Å². The Labute approximate surface area is 102 Å². The van der Waals surface area contributed by atoms with Crippen molar-refractivity contribution in [2.75, 3.05) is 7.11 Å². The van der Waals surface area contributed by atoms with Gasteiger partial charge in [-0.1, -0.05) is 0 Å². The van der Waals surface area contributed by atoms with Gasteiger partial charge in [-0.15, -0.1) is 0 Å². The highest BCUT2D eigenvalue weighted by atomic mass is 16.6. The number of rotatable bonds is 2. The molecule has 17 heavy (non-hydrogen) atoms. The zero-order chi connectivity index (χ0) is 13.1. The molecule has 5 heteroatoms. The van der Waals surface area contributed by atoms with Crippen LogP contribution in [0.25, 0.3) is 0 Å². The van der Waals surface area contributed by atoms with Crippen LogP contribution in [0.15, 0.2) is 17.0 Å². The molecule has 1 N–H and O–H groups in total. The van der Waals surface area contributed by atoms with E-state index >= 15 is 0 Å². The molecule has 1 unspecified atom stereocenters. The zero-order valence-electron chi connectivity index (χ0n) is 11.0. The molecule has 5 nitrogen and oxygen atoms in total. The van der Waals surface area contributed by atoms with Crippen LogP contribution in [0.5, 0.6) is 0 Å². The molecule has 1 rings (SSSR count). The van der Waals surface area contributed by atoms with Crippen LogP contribution in [0.4, 0.5) is 4.79 Å². The van der Waals surface area contributed by atoms with Gasteiger partial charge in [-0.3, -0.25) is 4.99 Å². The van der Waals surface area contributed by atoms with E-state index in [2.05, 4.69) is 10.3 Å². The van der Waals surface area contributed by atoms with E-state index in [1.165, 1.54) is 0 Å². The maximum atomic E-state index is 11.7. The number of methoxy groups -OCH3 is 1. The number of aliphatic imine (C=N–C) groups is 1. The largest absolute Gasteiger partial charge is 0.497 e. The minimum atomic E-state index is -0.598. The molecular formula is C12H20N2O3. The highest BCUT2D eigenvalue weighted by molar-refractivity contribution is 5.72. The first-order valence-corrected chi connectivity index (χ1v) is 5.54. The molecule has 1 heterocycles. The normalized spacial score (nSPS) is 23.9. The Bertz CT molecular complexity index is 355. The molecule has 0 aromatic carbocycles. The molecule has 0 aromatic rings. The number of nitrogens with one attached hydrogen (secondary N) is 1. The predicted octanol–water partition coefficient (Wildman–Crippen LogP) is 2.23. The van der Waals surface area contributed by atoms with Crippen LogP contribution >= 0.6 is 0 Å². The van der Waals surface area contributed by atoms with Gasteiger partial charge in [0.25, 0.3) is 0 Å². The van der Waals surface area contributed by atoms with Gasteiger partial charge in [0.2, 0.25) is 0 Å². The lowest BCUT2D eigenvalue weighted by atomic mass is 9.95. The van der Waals surface area contributed by atoms with Crippen molar-refractivity contribution in [3.05, 3.63) is 12.0 Å². The summed E-state index contributed by atoms with van der Waals surface area (Å²) in [5.41, 5.74) is -1.11. The van der Waals surface area contributed by atoms with E-state index in [0.717, 1.165) is 0 Å². The Kier molecular flexibility index (Phi) is 3.80. The van der Waals surface area contributed by atoms with Gasteiger partial charge >= 0.3 is 6.09 Å². The van der Waals surface area contributed by atoms with Crippen molar-refractivity contribution < 1.29 is 14.3 Å². The molecule has 96 valence electrons. The van der Waals surface area contributed by atoms with Crippen molar-refractivity contribution in [3.8, 4) is 0 Å². The zero-order valence-corrected chi connectivity index (χ0v) is 11.0. The molecule has 1 aliphatic heterocycles. The first kappa shape index (κ1) is 13.5. The van der Waals surface area contributed by atoms with Crippen LogP contribution in [-0.4, -0.2) is 30.6 Å².